The van der Waals surface area contributed by atoms with Gasteiger partial charge in [-0.1, -0.05) is 43.9 Å². The van der Waals surface area contributed by atoms with Gasteiger partial charge in [-0.25, -0.2) is 18.6 Å². The Morgan fingerprint density at radius 1 is 0.805 bits per heavy atom. The number of benzene rings is 2. The number of aromatic nitrogens is 2. The smallest absolute Gasteiger partial charge is 0.407 e. The number of carbonyl (C=O) groups is 4. The van der Waals surface area contributed by atoms with Gasteiger partial charge in [-0.05, 0) is 106 Å². The summed E-state index contributed by atoms with van der Waals surface area (Å²) in [5.41, 5.74) is -3.31. The van der Waals surface area contributed by atoms with Crippen molar-refractivity contribution in [1.29, 1.82) is 0 Å². The highest BCUT2D eigenvalue weighted by molar-refractivity contribution is 5.88. The molecule has 0 radical (unpaired) electrons. The van der Waals surface area contributed by atoms with E-state index in [4.69, 9.17) is 9.72 Å². The maximum absolute atomic E-state index is 15.9. The first-order valence-corrected chi connectivity index (χ1v) is 26.9. The minimum absolute atomic E-state index is 0.109. The molecule has 5 heterocycles. The van der Waals surface area contributed by atoms with Crippen LogP contribution in [-0.2, 0) is 41.4 Å². The third kappa shape index (κ3) is 15.1. The molecule has 2 bridgehead atoms. The summed E-state index contributed by atoms with van der Waals surface area (Å²) in [6, 6.07) is 14.9. The highest BCUT2D eigenvalue weighted by atomic mass is 19.4. The summed E-state index contributed by atoms with van der Waals surface area (Å²) >= 11 is 0. The second-order valence-corrected chi connectivity index (χ2v) is 22.5. The number of nitrogens with zero attached hydrogens (tertiary/aromatic N) is 5. The number of amides is 2. The number of carbonyl (C=O) groups excluding carboxylic acids is 4. The SMILES string of the molecule is COC(=O)C[C@H](C(=O)NCN(CCc1c(F)cc(-c2ccc(C)cn2)cc1F)C[C@H](O)[C@@H](CC(=O)[C@@H](NC(=O)OC)C(C)(C)C(F)(F)F)Cc1ccc(C#Cc2ccc(N3CC4CCC(C3)N4C3COC3)nc2)cc1)C(C)(C)C(F)(F)F. The van der Waals surface area contributed by atoms with Gasteiger partial charge in [0.1, 0.15) is 23.5 Å². The number of fused-ring (bicyclic) bond motifs is 2. The van der Waals surface area contributed by atoms with Crippen LogP contribution in [0.25, 0.3) is 11.3 Å². The van der Waals surface area contributed by atoms with Crippen molar-refractivity contribution in [3.05, 3.63) is 113 Å². The third-order valence-corrected chi connectivity index (χ3v) is 16.2. The molecule has 82 heavy (non-hydrogen) atoms. The van der Waals surface area contributed by atoms with Crippen LogP contribution in [-0.4, -0.2) is 152 Å². The lowest BCUT2D eigenvalue weighted by Crippen LogP contribution is -2.62. The Morgan fingerprint density at radius 2 is 1.43 bits per heavy atom. The number of aliphatic hydroxyl groups is 1. The summed E-state index contributed by atoms with van der Waals surface area (Å²) in [4.78, 5) is 68.0. The summed E-state index contributed by atoms with van der Waals surface area (Å²) in [5, 5.41) is 16.6. The van der Waals surface area contributed by atoms with Crippen LogP contribution in [0.3, 0.4) is 0 Å². The topological polar surface area (TPSA) is 176 Å². The number of halogens is 8. The fraction of sp³-hybridized carbons (Fsp3) is 0.525. The van der Waals surface area contributed by atoms with E-state index in [1.54, 1.807) is 49.5 Å². The first-order chi connectivity index (χ1) is 38.6. The lowest BCUT2D eigenvalue weighted by atomic mass is 9.75. The number of hydrogen-bond acceptors (Lipinski definition) is 13. The van der Waals surface area contributed by atoms with Crippen molar-refractivity contribution in [1.82, 2.24) is 30.4 Å². The van der Waals surface area contributed by atoms with Crippen molar-refractivity contribution in [2.24, 2.45) is 22.7 Å². The molecule has 2 aromatic carbocycles. The Labute approximate surface area is 471 Å². The van der Waals surface area contributed by atoms with Crippen LogP contribution in [0.4, 0.5) is 45.7 Å². The van der Waals surface area contributed by atoms with Crippen molar-refractivity contribution >= 4 is 29.6 Å². The standard InChI is InChI=1S/C59H69F8N7O8/c1-35-8-18-48(68-27-35)39-23-46(60)44(47(61)24-39)20-21-72(34-70-54(78)45(26-52(77)80-6)56(2,3)58(62,63)64)31-50(76)40(25-49(75)53(71-55(79)81-7)57(4,5)59(65,66)67)22-37-12-9-36(10-13-37)11-14-38-15-19-51(69-28-38)73-29-41-16-17-42(30-73)74(41)43-32-82-33-43/h8-10,12-13,15,18-19,23-24,27-28,40-43,45,50,53,76H,16-17,20-22,25-26,29-34H2,1-7H3,(H,70,78)(H,71,79)/t40-,41?,42?,45-,50+,53-/m1/s1. The zero-order valence-electron chi connectivity index (χ0n) is 46.7. The molecule has 15 nitrogen and oxygen atoms in total. The predicted molar refractivity (Wildman–Crippen MR) is 287 cm³/mol. The number of rotatable bonds is 22. The van der Waals surface area contributed by atoms with Gasteiger partial charge in [-0.3, -0.25) is 29.2 Å². The molecule has 2 amide bonds. The molecule has 3 aliphatic heterocycles. The van der Waals surface area contributed by atoms with E-state index >= 15 is 8.78 Å². The van der Waals surface area contributed by atoms with Crippen LogP contribution >= 0.6 is 0 Å². The number of esters is 1. The Kier molecular flexibility index (Phi) is 20.1. The Hall–Kier alpha value is -6.74. The van der Waals surface area contributed by atoms with E-state index in [9.17, 15) is 50.6 Å². The maximum Gasteiger partial charge on any atom is 0.407 e. The predicted octanol–water partition coefficient (Wildman–Crippen LogP) is 8.36. The number of nitrogens with one attached hydrogen (secondary N) is 2. The van der Waals surface area contributed by atoms with Crippen LogP contribution in [0.1, 0.15) is 81.2 Å². The number of methoxy groups -OCH3 is 2. The number of aliphatic hydroxyl groups excluding tert-OH is 1. The average Bonchev–Trinajstić information content (AvgIpc) is 3.70. The fourth-order valence-electron chi connectivity index (χ4n) is 10.6. The van der Waals surface area contributed by atoms with Gasteiger partial charge in [0.05, 0.1) is 75.1 Å². The molecule has 0 spiro atoms. The number of Topliss-reactive ketones (excluding diaryl/α,β-unsaturated/α-hetero) is 1. The molecule has 3 fully saturated rings. The van der Waals surface area contributed by atoms with Crippen LogP contribution in [0, 0.1) is 53.1 Å². The van der Waals surface area contributed by atoms with Crippen LogP contribution in [0.15, 0.2) is 73.1 Å². The summed E-state index contributed by atoms with van der Waals surface area (Å²) < 4.78 is 134. The Bertz CT molecular complexity index is 2910. The number of pyridine rings is 2. The minimum Gasteiger partial charge on any atom is -0.469 e. The normalized spacial score (nSPS) is 18.4. The first-order valence-electron chi connectivity index (χ1n) is 26.9. The molecule has 2 unspecified atom stereocenters. The summed E-state index contributed by atoms with van der Waals surface area (Å²) in [6.45, 7) is 6.20. The van der Waals surface area contributed by atoms with Crippen molar-refractivity contribution in [3.8, 4) is 23.1 Å². The molecule has 3 saturated heterocycles. The lowest BCUT2D eigenvalue weighted by Gasteiger charge is -2.47. The molecule has 0 aliphatic carbocycles. The number of aryl methyl sites for hydroxylation is 1. The fourth-order valence-corrected chi connectivity index (χ4v) is 10.6. The summed E-state index contributed by atoms with van der Waals surface area (Å²) in [7, 11) is 1.83. The Balaban J connectivity index is 1.15. The molecule has 23 heteroatoms. The number of alkyl carbamates (subject to hydrolysis) is 1. The zero-order valence-corrected chi connectivity index (χ0v) is 46.7. The van der Waals surface area contributed by atoms with Gasteiger partial charge in [-0.2, -0.15) is 26.3 Å². The molecule has 444 valence electrons. The van der Waals surface area contributed by atoms with Crippen molar-refractivity contribution in [2.45, 2.75) is 116 Å². The molecule has 0 saturated carbocycles. The highest BCUT2D eigenvalue weighted by Gasteiger charge is 2.57. The van der Waals surface area contributed by atoms with Gasteiger partial charge in [0.25, 0.3) is 0 Å². The van der Waals surface area contributed by atoms with E-state index in [1.807, 2.05) is 17.4 Å². The average molecular weight is 1160 g/mol. The maximum atomic E-state index is 15.9. The van der Waals surface area contributed by atoms with Crippen molar-refractivity contribution < 1.29 is 73.6 Å². The van der Waals surface area contributed by atoms with E-state index in [2.05, 4.69) is 41.4 Å². The largest absolute Gasteiger partial charge is 0.469 e. The van der Waals surface area contributed by atoms with Crippen LogP contribution in [0.2, 0.25) is 0 Å². The van der Waals surface area contributed by atoms with Crippen molar-refractivity contribution in [3.63, 3.8) is 0 Å². The van der Waals surface area contributed by atoms with Gasteiger partial charge >= 0.3 is 24.4 Å². The molecular formula is C59H69F8N7O8. The zero-order chi connectivity index (χ0) is 59.9. The van der Waals surface area contributed by atoms with Crippen molar-refractivity contribution in [2.75, 3.05) is 65.2 Å². The number of piperazine rings is 1. The number of ketones is 1. The second-order valence-electron chi connectivity index (χ2n) is 22.5. The molecule has 3 N–H and O–H groups in total. The van der Waals surface area contributed by atoms with Crippen LogP contribution < -0.4 is 15.5 Å². The number of hydrogen-bond donors (Lipinski definition) is 3. The molecule has 4 aromatic rings. The number of ether oxygens (including phenoxy) is 3. The minimum atomic E-state index is -5.06. The molecule has 2 aromatic heterocycles. The van der Waals surface area contributed by atoms with E-state index in [0.29, 0.717) is 48.7 Å². The van der Waals surface area contributed by atoms with E-state index in [1.165, 1.54) is 11.1 Å². The number of alkyl halides is 6. The molecule has 6 atom stereocenters. The van der Waals surface area contributed by atoms with Gasteiger partial charge in [0.15, 0.2) is 5.78 Å². The first kappa shape index (κ1) is 62.9. The monoisotopic (exact) mass is 1160 g/mol. The van der Waals surface area contributed by atoms with E-state index < -0.39 is 127 Å². The summed E-state index contributed by atoms with van der Waals surface area (Å²) in [5.74, 6) is -1.88. The highest BCUT2D eigenvalue weighted by Crippen LogP contribution is 2.46. The van der Waals surface area contributed by atoms with Gasteiger partial charge in [0, 0.05) is 79.3 Å². The van der Waals surface area contributed by atoms with Gasteiger partial charge in [0.2, 0.25) is 5.91 Å². The second kappa shape index (κ2) is 26.2. The lowest BCUT2D eigenvalue weighted by molar-refractivity contribution is -0.230. The van der Waals surface area contributed by atoms with Gasteiger partial charge < -0.3 is 34.9 Å². The van der Waals surface area contributed by atoms with Crippen LogP contribution in [0.5, 0.6) is 0 Å². The quantitative estimate of drug-likeness (QED) is 0.0297. The molecule has 7 rings (SSSR count). The summed E-state index contributed by atoms with van der Waals surface area (Å²) in [6.07, 6.45) is -10.2. The molecule has 3 aliphatic rings. The van der Waals surface area contributed by atoms with Gasteiger partial charge in [-0.15, -0.1) is 0 Å². The number of anilines is 1. The molecular weight excluding hydrogens is 1090 g/mol. The Morgan fingerprint density at radius 3 is 1.96 bits per heavy atom. The third-order valence-electron chi connectivity index (χ3n) is 16.2. The van der Waals surface area contributed by atoms with E-state index in [-0.39, 0.29) is 17.7 Å². The van der Waals surface area contributed by atoms with E-state index in [0.717, 1.165) is 90.7 Å².